The van der Waals surface area contributed by atoms with Crippen molar-refractivity contribution < 1.29 is 9.59 Å². The van der Waals surface area contributed by atoms with Crippen molar-refractivity contribution in [2.45, 2.75) is 33.1 Å². The second kappa shape index (κ2) is 16.8. The molecule has 308 valence electrons. The zero-order valence-corrected chi connectivity index (χ0v) is 35.2. The number of aromatic amines is 2. The molecule has 1 saturated heterocycles. The van der Waals surface area contributed by atoms with Crippen LogP contribution in [-0.2, 0) is 4.79 Å². The Kier molecular flexibility index (Phi) is 10.6. The van der Waals surface area contributed by atoms with Gasteiger partial charge in [-0.25, -0.2) is 0 Å². The fourth-order valence-electron chi connectivity index (χ4n) is 9.24. The predicted octanol–water partition coefficient (Wildman–Crippen LogP) is 8.07. The van der Waals surface area contributed by atoms with Crippen molar-refractivity contribution in [3.63, 3.8) is 0 Å². The summed E-state index contributed by atoms with van der Waals surface area (Å²) in [6, 6.07) is 48.6. The molecule has 62 heavy (non-hydrogen) atoms. The molecule has 0 spiro atoms. The third kappa shape index (κ3) is 7.63. The molecule has 4 aliphatic heterocycles. The molecule has 8 heteroatoms. The fourth-order valence-corrected chi connectivity index (χ4v) is 9.24. The van der Waals surface area contributed by atoms with E-state index in [0.717, 1.165) is 102 Å². The number of hydrogen-bond acceptors (Lipinski definition) is 5. The van der Waals surface area contributed by atoms with Crippen molar-refractivity contribution >= 4 is 39.7 Å². The smallest absolute Gasteiger partial charge is 0.253 e. The molecule has 4 aliphatic rings. The molecule has 1 amide bonds. The van der Waals surface area contributed by atoms with E-state index in [1.807, 2.05) is 30.9 Å². The van der Waals surface area contributed by atoms with Gasteiger partial charge < -0.3 is 20.2 Å². The molecule has 2 aromatic heterocycles. The Morgan fingerprint density at radius 1 is 0.597 bits per heavy atom. The topological polar surface area (TPSA) is 96.6 Å². The summed E-state index contributed by atoms with van der Waals surface area (Å²) in [5, 5.41) is 5.88. The van der Waals surface area contributed by atoms with E-state index in [0.29, 0.717) is 44.7 Å². The zero-order chi connectivity index (χ0) is 42.2. The lowest BCUT2D eigenvalue weighted by molar-refractivity contribution is -0.123. The summed E-state index contributed by atoms with van der Waals surface area (Å²) in [5.41, 5.74) is 15.6. The largest absolute Gasteiger partial charge is 0.358 e. The summed E-state index contributed by atoms with van der Waals surface area (Å²) >= 11 is 0. The van der Waals surface area contributed by atoms with E-state index in [1.165, 1.54) is 0 Å². The molecular formula is C54H50N6O2. The number of nitrogens with zero attached hydrogens (tertiary/aromatic N) is 3. The standard InChI is InChI=1S/C54H50N6O2/c1-35(2)49(61)34-59-30-32-60(33-31-59)54(62)40-20-18-39(19-21-40)53-47-28-26-45(57-47)51(37-14-8-4-9-15-37)43-24-22-41(55-43)50(36-12-6-3-7-13-36)42-23-25-44(56-42)52(38-16-10-5-11-17-38)46-27-29-48(53)58-46/h3-22,24,27-29,35,55,57-58H,23,25-26,30-34H2,1-2H3. The molecule has 6 aromatic rings. The number of aliphatic imine (C=N–C) groups is 1. The van der Waals surface area contributed by atoms with Gasteiger partial charge in [0.05, 0.1) is 18.0 Å². The van der Waals surface area contributed by atoms with Crippen LogP contribution in [0.5, 0.6) is 0 Å². The minimum atomic E-state index is 0.0124. The third-order valence-electron chi connectivity index (χ3n) is 12.6. The van der Waals surface area contributed by atoms with Crippen molar-refractivity contribution in [3.05, 3.63) is 213 Å². The first-order chi connectivity index (χ1) is 30.4. The van der Waals surface area contributed by atoms with E-state index in [2.05, 4.69) is 154 Å². The van der Waals surface area contributed by atoms with Gasteiger partial charge in [0.2, 0.25) is 0 Å². The van der Waals surface area contributed by atoms with Crippen LogP contribution in [0.25, 0.3) is 22.3 Å². The van der Waals surface area contributed by atoms with Gasteiger partial charge in [-0.05, 0) is 71.5 Å². The number of rotatable bonds is 8. The highest BCUT2D eigenvalue weighted by Crippen LogP contribution is 2.38. The molecule has 0 saturated carbocycles. The highest BCUT2D eigenvalue weighted by Gasteiger charge is 2.28. The normalized spacial score (nSPS) is 16.8. The van der Waals surface area contributed by atoms with Crippen LogP contribution in [0.1, 0.15) is 77.1 Å². The number of piperazine rings is 1. The quantitative estimate of drug-likeness (QED) is 0.145. The average Bonchev–Trinajstić information content (AvgIpc) is 4.16. The molecular weight excluding hydrogens is 765 g/mol. The van der Waals surface area contributed by atoms with E-state index < -0.39 is 0 Å². The van der Waals surface area contributed by atoms with Gasteiger partial charge in [0.25, 0.3) is 5.91 Å². The van der Waals surface area contributed by atoms with Crippen molar-refractivity contribution in [1.82, 2.24) is 25.1 Å². The minimum Gasteiger partial charge on any atom is -0.358 e. The average molecular weight is 815 g/mol. The second-order valence-corrected chi connectivity index (χ2v) is 16.9. The molecule has 0 radical (unpaired) electrons. The van der Waals surface area contributed by atoms with Crippen LogP contribution in [0.3, 0.4) is 0 Å². The molecule has 8 nitrogen and oxygen atoms in total. The lowest BCUT2D eigenvalue weighted by Gasteiger charge is -2.34. The van der Waals surface area contributed by atoms with Gasteiger partial charge >= 0.3 is 0 Å². The van der Waals surface area contributed by atoms with Crippen LogP contribution in [0.15, 0.2) is 168 Å². The highest BCUT2D eigenvalue weighted by atomic mass is 16.2. The number of allylic oxidation sites excluding steroid dienone is 3. The van der Waals surface area contributed by atoms with Gasteiger partial charge in [-0.2, -0.15) is 0 Å². The molecule has 6 heterocycles. The van der Waals surface area contributed by atoms with Crippen molar-refractivity contribution in [2.24, 2.45) is 10.9 Å². The van der Waals surface area contributed by atoms with Gasteiger partial charge in [-0.15, -0.1) is 0 Å². The Hall–Kier alpha value is -7.03. The molecule has 1 fully saturated rings. The van der Waals surface area contributed by atoms with Gasteiger partial charge in [-0.1, -0.05) is 123 Å². The maximum atomic E-state index is 13.9. The Balaban J connectivity index is 1.12. The summed E-state index contributed by atoms with van der Waals surface area (Å²) in [7, 11) is 0. The van der Waals surface area contributed by atoms with Crippen LogP contribution in [0.2, 0.25) is 0 Å². The number of Topliss-reactive ketones (excluding diaryl/α,β-unsaturated/α-hetero) is 1. The van der Waals surface area contributed by atoms with Crippen molar-refractivity contribution in [1.29, 1.82) is 0 Å². The summed E-state index contributed by atoms with van der Waals surface area (Å²) in [6.45, 7) is 6.92. The number of ketones is 1. The monoisotopic (exact) mass is 814 g/mol. The van der Waals surface area contributed by atoms with Crippen LogP contribution in [0.4, 0.5) is 0 Å². The number of hydrogen-bond donors (Lipinski definition) is 3. The molecule has 4 aromatic carbocycles. The van der Waals surface area contributed by atoms with Crippen LogP contribution < -0.4 is 16.0 Å². The van der Waals surface area contributed by atoms with Gasteiger partial charge in [0, 0.05) is 99.9 Å². The lowest BCUT2D eigenvalue weighted by atomic mass is 9.97. The summed E-state index contributed by atoms with van der Waals surface area (Å²) in [6.07, 6.45) is 4.61. The maximum absolute atomic E-state index is 13.9. The summed E-state index contributed by atoms with van der Waals surface area (Å²) in [4.78, 5) is 43.6. The molecule has 0 unspecified atom stereocenters. The number of nitrogens with one attached hydrogen (secondary N) is 3. The van der Waals surface area contributed by atoms with Crippen molar-refractivity contribution in [2.75, 3.05) is 32.7 Å². The number of benzene rings is 4. The Bertz CT molecular complexity index is 2920. The molecule has 0 aliphatic carbocycles. The first-order valence-corrected chi connectivity index (χ1v) is 21.8. The summed E-state index contributed by atoms with van der Waals surface area (Å²) < 4.78 is 0. The number of carbonyl (C=O) groups is 2. The fraction of sp³-hybridized carbons (Fsp3) is 0.204. The molecule has 8 bridgehead atoms. The Morgan fingerprint density at radius 3 is 1.79 bits per heavy atom. The predicted molar refractivity (Wildman–Crippen MR) is 248 cm³/mol. The highest BCUT2D eigenvalue weighted by molar-refractivity contribution is 6.24. The Morgan fingerprint density at radius 2 is 1.16 bits per heavy atom. The van der Waals surface area contributed by atoms with E-state index in [-0.39, 0.29) is 17.6 Å². The second-order valence-electron chi connectivity index (χ2n) is 16.9. The lowest BCUT2D eigenvalue weighted by Crippen LogP contribution is -2.50. The number of aromatic nitrogens is 2. The molecule has 10 rings (SSSR count). The van der Waals surface area contributed by atoms with Crippen molar-refractivity contribution in [3.8, 4) is 0 Å². The van der Waals surface area contributed by atoms with Crippen LogP contribution >= 0.6 is 0 Å². The maximum Gasteiger partial charge on any atom is 0.253 e. The van der Waals surface area contributed by atoms with Crippen LogP contribution in [0, 0.1) is 5.92 Å². The van der Waals surface area contributed by atoms with E-state index in [1.54, 1.807) is 0 Å². The van der Waals surface area contributed by atoms with E-state index in [4.69, 9.17) is 4.99 Å². The molecule has 0 atom stereocenters. The SMILES string of the molecule is CC(C)C(=O)CN1CCN(C(=O)c2ccc(C3=c4ccc([nH]4)=C(c4ccccc4)C4=NC(=C(c5ccccc5)c5ccc([nH]5)C(c5ccccc5)=C5CC=C3N5)CC4)cc2)CC1. The van der Waals surface area contributed by atoms with Gasteiger partial charge in [0.1, 0.15) is 5.78 Å². The first-order valence-electron chi connectivity index (χ1n) is 21.8. The number of amides is 1. The van der Waals surface area contributed by atoms with E-state index in [9.17, 15) is 9.59 Å². The Labute approximate surface area is 362 Å². The van der Waals surface area contributed by atoms with Gasteiger partial charge in [0.15, 0.2) is 0 Å². The third-order valence-corrected chi connectivity index (χ3v) is 12.6. The van der Waals surface area contributed by atoms with Crippen LogP contribution in [-0.4, -0.2) is 69.9 Å². The first kappa shape index (κ1) is 39.1. The number of fused-ring (bicyclic) bond motifs is 7. The van der Waals surface area contributed by atoms with Gasteiger partial charge in [-0.3, -0.25) is 19.5 Å². The molecule has 3 N–H and O–H groups in total. The zero-order valence-electron chi connectivity index (χ0n) is 35.2. The number of carbonyl (C=O) groups excluding carboxylic acids is 2. The minimum absolute atomic E-state index is 0.0124. The number of H-pyrrole nitrogens is 2. The summed E-state index contributed by atoms with van der Waals surface area (Å²) in [5.74, 6) is 0.268. The van der Waals surface area contributed by atoms with E-state index >= 15 is 0 Å².